The molecule has 402 valence electrons. The summed E-state index contributed by atoms with van der Waals surface area (Å²) in [7, 11) is 3.51. The number of nitrogens with one attached hydrogen (secondary N) is 2. The highest BCUT2D eigenvalue weighted by atomic mass is 79.9. The standard InChI is InChI=1S/C38H44N8O3.C20H24BrN5O2/c1-3-30-31(12-13-39-36(30)45-15-14-44-33-7-5-4-6-24(33)17-34(44)38(45)48)25-16-32(37(47)42(2)19-25)41-35-11-10-26(18-40-35)46-27-8-9-28(46)21-43(20-27)29-22-49-23-29;1-24-8-13(21)6-18(20(24)27)23-19-5-4-14(7-22-19)26-15-2-3-16(26)10-25(9-15)17-11-28-12-17/h10-13,16-19,27-29H,3-9,14-15,20-23H2,1-2H3,(H,40,41);4-8,15-17H,2-3,9-12H2,1H3,(H,22,23). The molecule has 13 heterocycles. The van der Waals surface area contributed by atoms with E-state index in [0.717, 1.165) is 105 Å². The molecule has 0 radical (unpaired) electrons. The van der Waals surface area contributed by atoms with Crippen molar-refractivity contribution in [2.24, 2.45) is 14.1 Å². The van der Waals surface area contributed by atoms with Crippen LogP contribution in [0.15, 0.2) is 93.6 Å². The summed E-state index contributed by atoms with van der Waals surface area (Å²) in [6.45, 7) is 11.3. The van der Waals surface area contributed by atoms with Crippen molar-refractivity contribution in [1.82, 2.24) is 38.5 Å². The molecule has 2 N–H and O–H groups in total. The molecule has 0 aromatic carbocycles. The van der Waals surface area contributed by atoms with Crippen molar-refractivity contribution >= 4 is 62.0 Å². The Morgan fingerprint density at radius 2 is 1.21 bits per heavy atom. The van der Waals surface area contributed by atoms with Crippen LogP contribution < -0.4 is 36.5 Å². The maximum atomic E-state index is 13.9. The van der Waals surface area contributed by atoms with Crippen LogP contribution in [0.5, 0.6) is 0 Å². The molecule has 6 saturated heterocycles. The van der Waals surface area contributed by atoms with Crippen LogP contribution in [-0.4, -0.2) is 140 Å². The molecule has 8 aliphatic rings. The molecule has 1 aliphatic carbocycles. The first-order chi connectivity index (χ1) is 37.5. The number of ether oxygens (including phenoxy) is 2. The molecule has 7 aliphatic heterocycles. The number of hydrogen-bond donors (Lipinski definition) is 2. The van der Waals surface area contributed by atoms with Gasteiger partial charge in [0.1, 0.15) is 34.5 Å². The van der Waals surface area contributed by atoms with E-state index in [0.29, 0.717) is 78.0 Å². The summed E-state index contributed by atoms with van der Waals surface area (Å²) >= 11 is 3.43. The number of aryl methyl sites for hydroxylation is 3. The van der Waals surface area contributed by atoms with Crippen LogP contribution in [0, 0.1) is 0 Å². The van der Waals surface area contributed by atoms with Gasteiger partial charge in [-0.05, 0) is 133 Å². The van der Waals surface area contributed by atoms with Gasteiger partial charge in [0.2, 0.25) is 0 Å². The Morgan fingerprint density at radius 3 is 1.74 bits per heavy atom. The molecule has 0 spiro atoms. The molecule has 4 bridgehead atoms. The molecule has 6 fully saturated rings. The molecule has 77 heavy (non-hydrogen) atoms. The minimum atomic E-state index is -0.132. The molecule has 0 saturated carbocycles. The number of fused-ring (bicyclic) bond motifs is 7. The maximum absolute atomic E-state index is 13.9. The summed E-state index contributed by atoms with van der Waals surface area (Å²) in [5.41, 5.74) is 9.34. The molecule has 1 amide bonds. The molecule has 14 rings (SSSR count). The van der Waals surface area contributed by atoms with Gasteiger partial charge in [0.25, 0.3) is 17.0 Å². The van der Waals surface area contributed by atoms with Crippen molar-refractivity contribution < 1.29 is 14.3 Å². The van der Waals surface area contributed by atoms with Crippen molar-refractivity contribution in [3.05, 3.63) is 127 Å². The fourth-order valence-corrected chi connectivity index (χ4v) is 14.1. The summed E-state index contributed by atoms with van der Waals surface area (Å²) in [5.74, 6) is 2.02. The Balaban J connectivity index is 0.000000171. The molecule has 4 atom stereocenters. The minimum Gasteiger partial charge on any atom is -0.378 e. The summed E-state index contributed by atoms with van der Waals surface area (Å²) in [5, 5.41) is 6.46. The number of halogens is 1. The van der Waals surface area contributed by atoms with Crippen LogP contribution >= 0.6 is 15.9 Å². The Hall–Kier alpha value is -6.38. The molecular formula is C58H68BrN13O5. The average Bonchev–Trinajstić information content (AvgIpc) is 4.06. The quantitative estimate of drug-likeness (QED) is 0.138. The van der Waals surface area contributed by atoms with Gasteiger partial charge in [-0.3, -0.25) is 29.1 Å². The van der Waals surface area contributed by atoms with Crippen molar-refractivity contribution in [3.63, 3.8) is 0 Å². The molecule has 6 aromatic heterocycles. The molecule has 4 unspecified atom stereocenters. The van der Waals surface area contributed by atoms with E-state index in [1.807, 2.05) is 47.8 Å². The highest BCUT2D eigenvalue weighted by Crippen LogP contribution is 2.39. The summed E-state index contributed by atoms with van der Waals surface area (Å²) < 4.78 is 17.1. The predicted octanol–water partition coefficient (Wildman–Crippen LogP) is 6.88. The zero-order valence-electron chi connectivity index (χ0n) is 44.2. The number of rotatable bonds is 11. The first kappa shape index (κ1) is 50.1. The van der Waals surface area contributed by atoms with E-state index in [1.54, 1.807) is 41.7 Å². The van der Waals surface area contributed by atoms with E-state index in [2.05, 4.69) is 80.8 Å². The zero-order chi connectivity index (χ0) is 52.5. The van der Waals surface area contributed by atoms with Gasteiger partial charge in [0.05, 0.1) is 62.3 Å². The number of hydrogen-bond acceptors (Lipinski definition) is 14. The predicted molar refractivity (Wildman–Crippen MR) is 302 cm³/mol. The average molecular weight is 1110 g/mol. The van der Waals surface area contributed by atoms with Gasteiger partial charge in [0, 0.05) is 117 Å². The van der Waals surface area contributed by atoms with Crippen LogP contribution in [0.25, 0.3) is 11.1 Å². The van der Waals surface area contributed by atoms with E-state index in [-0.39, 0.29) is 17.0 Å². The third-order valence-corrected chi connectivity index (χ3v) is 18.1. The fraction of sp³-hybridized carbons (Fsp3) is 0.483. The number of likely N-dealkylation sites (tertiary alicyclic amines) is 2. The Morgan fingerprint density at radius 1 is 0.649 bits per heavy atom. The largest absolute Gasteiger partial charge is 0.378 e. The first-order valence-electron chi connectivity index (χ1n) is 27.8. The van der Waals surface area contributed by atoms with E-state index in [9.17, 15) is 14.4 Å². The number of nitrogens with zero attached hydrogens (tertiary/aromatic N) is 11. The van der Waals surface area contributed by atoms with Gasteiger partial charge in [0.15, 0.2) is 0 Å². The SMILES string of the molecule is CCc1c(-c2cc(Nc3ccc(N4C5CCC4CN(C4COC4)C5)cn3)c(=O)n(C)c2)ccnc1N1CCn2c(cc3c2CCCC3)C1=O.Cn1cc(Br)cc(Nc2ccc(N3C4CCC3CN(C3COC3)C4)cn2)c1=O. The number of aromatic nitrogens is 6. The van der Waals surface area contributed by atoms with Crippen molar-refractivity contribution in [3.8, 4) is 11.1 Å². The number of carbonyl (C=O) groups is 1. The van der Waals surface area contributed by atoms with Gasteiger partial charge in [-0.15, -0.1) is 0 Å². The Bertz CT molecular complexity index is 3290. The summed E-state index contributed by atoms with van der Waals surface area (Å²) in [4.78, 5) is 65.9. The van der Waals surface area contributed by atoms with Gasteiger partial charge in [-0.25, -0.2) is 15.0 Å². The lowest BCUT2D eigenvalue weighted by atomic mass is 9.98. The number of amides is 1. The highest BCUT2D eigenvalue weighted by Gasteiger charge is 2.45. The second-order valence-corrected chi connectivity index (χ2v) is 23.2. The lowest BCUT2D eigenvalue weighted by Crippen LogP contribution is -2.60. The summed E-state index contributed by atoms with van der Waals surface area (Å²) in [6.07, 6.45) is 19.3. The van der Waals surface area contributed by atoms with Crippen molar-refractivity contribution in [2.45, 2.75) is 108 Å². The van der Waals surface area contributed by atoms with Crippen LogP contribution in [0.2, 0.25) is 0 Å². The second-order valence-electron chi connectivity index (χ2n) is 22.3. The molecule has 18 nitrogen and oxygen atoms in total. The third kappa shape index (κ3) is 9.44. The highest BCUT2D eigenvalue weighted by molar-refractivity contribution is 9.10. The number of pyridine rings is 5. The van der Waals surface area contributed by atoms with Crippen molar-refractivity contribution in [1.29, 1.82) is 0 Å². The van der Waals surface area contributed by atoms with Crippen LogP contribution in [0.1, 0.15) is 72.8 Å². The van der Waals surface area contributed by atoms with E-state index >= 15 is 0 Å². The first-order valence-corrected chi connectivity index (χ1v) is 28.6. The smallest absolute Gasteiger partial charge is 0.276 e. The Labute approximate surface area is 457 Å². The van der Waals surface area contributed by atoms with E-state index in [1.165, 1.54) is 55.5 Å². The number of carbonyl (C=O) groups excluding carboxylic acids is 1. The lowest BCUT2D eigenvalue weighted by Gasteiger charge is -2.47. The molecular weight excluding hydrogens is 1040 g/mol. The van der Waals surface area contributed by atoms with E-state index in [4.69, 9.17) is 19.4 Å². The Kier molecular flexibility index (Phi) is 13.5. The normalized spacial score (nSPS) is 23.2. The lowest BCUT2D eigenvalue weighted by molar-refractivity contribution is -0.0705. The van der Waals surface area contributed by atoms with Gasteiger partial charge < -0.3 is 43.6 Å². The van der Waals surface area contributed by atoms with Gasteiger partial charge >= 0.3 is 0 Å². The topological polar surface area (TPSA) is 163 Å². The van der Waals surface area contributed by atoms with Crippen LogP contribution in [-0.2, 0) is 49.4 Å². The fourth-order valence-electron chi connectivity index (χ4n) is 13.6. The number of piperazine rings is 2. The van der Waals surface area contributed by atoms with Crippen LogP contribution in [0.3, 0.4) is 0 Å². The van der Waals surface area contributed by atoms with E-state index < -0.39 is 0 Å². The summed E-state index contributed by atoms with van der Waals surface area (Å²) in [6, 6.07) is 19.3. The van der Waals surface area contributed by atoms with Crippen molar-refractivity contribution in [2.75, 3.05) is 84.5 Å². The monoisotopic (exact) mass is 1110 g/mol. The minimum absolute atomic E-state index is 0.0141. The molecule has 19 heteroatoms. The van der Waals surface area contributed by atoms with Gasteiger partial charge in [-0.2, -0.15) is 0 Å². The third-order valence-electron chi connectivity index (χ3n) is 17.6. The zero-order valence-corrected chi connectivity index (χ0v) is 45.8. The molecule has 6 aromatic rings. The number of anilines is 7. The maximum Gasteiger partial charge on any atom is 0.276 e. The van der Waals surface area contributed by atoms with Crippen LogP contribution in [0.4, 0.5) is 40.2 Å². The second kappa shape index (κ2) is 20.8. The van der Waals surface area contributed by atoms with Gasteiger partial charge in [-0.1, -0.05) is 6.92 Å².